The van der Waals surface area contributed by atoms with Crippen molar-refractivity contribution in [2.75, 3.05) is 19.9 Å². The zero-order valence-corrected chi connectivity index (χ0v) is 17.8. The summed E-state index contributed by atoms with van der Waals surface area (Å²) in [6, 6.07) is 13.1. The molecule has 0 radical (unpaired) electrons. The van der Waals surface area contributed by atoms with Gasteiger partial charge in [-0.15, -0.1) is 0 Å². The summed E-state index contributed by atoms with van der Waals surface area (Å²) >= 11 is 0. The molecule has 1 amide bonds. The zero-order valence-electron chi connectivity index (χ0n) is 17.0. The highest BCUT2D eigenvalue weighted by atomic mass is 32.2. The van der Waals surface area contributed by atoms with Crippen LogP contribution in [0.3, 0.4) is 0 Å². The number of nitrogens with zero attached hydrogens (tertiary/aromatic N) is 1. The summed E-state index contributed by atoms with van der Waals surface area (Å²) in [6.07, 6.45) is 1.17. The standard InChI is InChI=1S/C21H28N2O4S/c1-15-6-9-19(12-16(15)2)17(3)22-21(24)14-27-20-10-7-18(8-11-20)13-23(4)28(5,25)26/h6-12,17H,13-14H2,1-5H3,(H,22,24). The second-order valence-electron chi connectivity index (χ2n) is 7.08. The molecule has 0 bridgehead atoms. The minimum atomic E-state index is -3.22. The largest absolute Gasteiger partial charge is 0.484 e. The van der Waals surface area contributed by atoms with Crippen molar-refractivity contribution in [3.05, 3.63) is 64.7 Å². The third-order valence-corrected chi connectivity index (χ3v) is 5.93. The molecule has 0 saturated heterocycles. The summed E-state index contributed by atoms with van der Waals surface area (Å²) in [7, 11) is -1.69. The number of hydrogen-bond acceptors (Lipinski definition) is 4. The van der Waals surface area contributed by atoms with E-state index >= 15 is 0 Å². The fourth-order valence-electron chi connectivity index (χ4n) is 2.61. The molecule has 0 aliphatic carbocycles. The predicted molar refractivity (Wildman–Crippen MR) is 111 cm³/mol. The molecule has 2 aromatic carbocycles. The van der Waals surface area contributed by atoms with Crippen LogP contribution < -0.4 is 10.1 Å². The SMILES string of the molecule is Cc1ccc(C(C)NC(=O)COc2ccc(CN(C)S(C)(=O)=O)cc2)cc1C. The summed E-state index contributed by atoms with van der Waals surface area (Å²) in [5, 5.41) is 2.93. The van der Waals surface area contributed by atoms with Crippen molar-refractivity contribution in [3.63, 3.8) is 0 Å². The zero-order chi connectivity index (χ0) is 20.9. The molecule has 0 aliphatic heterocycles. The van der Waals surface area contributed by atoms with Crippen LogP contribution in [0.15, 0.2) is 42.5 Å². The first-order valence-corrected chi connectivity index (χ1v) is 10.9. The normalized spacial score (nSPS) is 12.6. The maximum Gasteiger partial charge on any atom is 0.258 e. The average Bonchev–Trinajstić information content (AvgIpc) is 2.62. The van der Waals surface area contributed by atoms with E-state index < -0.39 is 10.0 Å². The lowest BCUT2D eigenvalue weighted by atomic mass is 10.0. The van der Waals surface area contributed by atoms with Crippen molar-refractivity contribution < 1.29 is 17.9 Å². The lowest BCUT2D eigenvalue weighted by molar-refractivity contribution is -0.123. The van der Waals surface area contributed by atoms with Crippen molar-refractivity contribution >= 4 is 15.9 Å². The van der Waals surface area contributed by atoms with Crippen LogP contribution in [-0.2, 0) is 21.4 Å². The quantitative estimate of drug-likeness (QED) is 0.734. The summed E-state index contributed by atoms with van der Waals surface area (Å²) in [5.41, 5.74) is 4.30. The minimum Gasteiger partial charge on any atom is -0.484 e. The maximum atomic E-state index is 12.2. The van der Waals surface area contributed by atoms with Crippen LogP contribution in [0.2, 0.25) is 0 Å². The Labute approximate surface area is 167 Å². The lowest BCUT2D eigenvalue weighted by Gasteiger charge is -2.16. The average molecular weight is 405 g/mol. The van der Waals surface area contributed by atoms with Gasteiger partial charge in [-0.1, -0.05) is 30.3 Å². The number of ether oxygens (including phenoxy) is 1. The molecule has 1 atom stereocenters. The number of benzene rings is 2. The van der Waals surface area contributed by atoms with Crippen molar-refractivity contribution in [3.8, 4) is 5.75 Å². The first-order valence-electron chi connectivity index (χ1n) is 9.06. The number of rotatable bonds is 8. The number of amides is 1. The first kappa shape index (κ1) is 21.9. The Morgan fingerprint density at radius 2 is 1.75 bits per heavy atom. The summed E-state index contributed by atoms with van der Waals surface area (Å²) in [5.74, 6) is 0.353. The Morgan fingerprint density at radius 1 is 1.11 bits per heavy atom. The third-order valence-electron chi connectivity index (χ3n) is 4.67. The van der Waals surface area contributed by atoms with E-state index in [0.717, 1.165) is 11.1 Å². The second-order valence-corrected chi connectivity index (χ2v) is 9.17. The van der Waals surface area contributed by atoms with Crippen LogP contribution in [-0.4, -0.2) is 38.5 Å². The van der Waals surface area contributed by atoms with Gasteiger partial charge in [0.15, 0.2) is 6.61 Å². The predicted octanol–water partition coefficient (Wildman–Crippen LogP) is 2.95. The molecule has 28 heavy (non-hydrogen) atoms. The van der Waals surface area contributed by atoms with E-state index in [0.29, 0.717) is 5.75 Å². The van der Waals surface area contributed by atoms with Crippen molar-refractivity contribution in [2.24, 2.45) is 0 Å². The van der Waals surface area contributed by atoms with Crippen LogP contribution in [0.25, 0.3) is 0 Å². The summed E-state index contributed by atoms with van der Waals surface area (Å²) in [6.45, 7) is 6.24. The van der Waals surface area contributed by atoms with Crippen molar-refractivity contribution in [1.29, 1.82) is 0 Å². The van der Waals surface area contributed by atoms with Gasteiger partial charge in [0, 0.05) is 13.6 Å². The van der Waals surface area contributed by atoms with Gasteiger partial charge in [-0.05, 0) is 55.2 Å². The van der Waals surface area contributed by atoms with Crippen LogP contribution in [0, 0.1) is 13.8 Å². The highest BCUT2D eigenvalue weighted by Crippen LogP contribution is 2.17. The van der Waals surface area contributed by atoms with Gasteiger partial charge >= 0.3 is 0 Å². The van der Waals surface area contributed by atoms with E-state index in [1.807, 2.05) is 26.0 Å². The van der Waals surface area contributed by atoms with Gasteiger partial charge in [-0.25, -0.2) is 12.7 Å². The van der Waals surface area contributed by atoms with E-state index in [-0.39, 0.29) is 25.1 Å². The van der Waals surface area contributed by atoms with Gasteiger partial charge in [0.05, 0.1) is 12.3 Å². The van der Waals surface area contributed by atoms with Crippen molar-refractivity contribution in [2.45, 2.75) is 33.4 Å². The minimum absolute atomic E-state index is 0.0855. The van der Waals surface area contributed by atoms with E-state index in [2.05, 4.69) is 18.3 Å². The molecule has 0 fully saturated rings. The van der Waals surface area contributed by atoms with E-state index in [4.69, 9.17) is 4.74 Å². The molecule has 0 saturated carbocycles. The molecule has 2 aromatic rings. The number of aryl methyl sites for hydroxylation is 2. The van der Waals surface area contributed by atoms with Gasteiger partial charge in [-0.2, -0.15) is 0 Å². The van der Waals surface area contributed by atoms with Gasteiger partial charge in [0.1, 0.15) is 5.75 Å². The summed E-state index contributed by atoms with van der Waals surface area (Å²) in [4.78, 5) is 12.2. The van der Waals surface area contributed by atoms with Gasteiger partial charge in [0.2, 0.25) is 10.0 Å². The molecule has 7 heteroatoms. The Hall–Kier alpha value is -2.38. The molecule has 0 aromatic heterocycles. The fraction of sp³-hybridized carbons (Fsp3) is 0.381. The molecular weight excluding hydrogens is 376 g/mol. The molecule has 152 valence electrons. The van der Waals surface area contributed by atoms with E-state index in [1.54, 1.807) is 24.3 Å². The van der Waals surface area contributed by atoms with Crippen LogP contribution >= 0.6 is 0 Å². The van der Waals surface area contributed by atoms with Gasteiger partial charge < -0.3 is 10.1 Å². The topological polar surface area (TPSA) is 75.7 Å². The van der Waals surface area contributed by atoms with Crippen molar-refractivity contribution in [1.82, 2.24) is 9.62 Å². The van der Waals surface area contributed by atoms with E-state index in [9.17, 15) is 13.2 Å². The Bertz CT molecular complexity index is 924. The number of hydrogen-bond donors (Lipinski definition) is 1. The second kappa shape index (κ2) is 9.21. The monoisotopic (exact) mass is 404 g/mol. The molecule has 6 nitrogen and oxygen atoms in total. The van der Waals surface area contributed by atoms with Gasteiger partial charge in [0.25, 0.3) is 5.91 Å². The Kier molecular flexibility index (Phi) is 7.21. The molecule has 2 rings (SSSR count). The molecule has 1 unspecified atom stereocenters. The van der Waals surface area contributed by atoms with E-state index in [1.165, 1.54) is 28.7 Å². The van der Waals surface area contributed by atoms with Crippen LogP contribution in [0.1, 0.15) is 35.2 Å². The smallest absolute Gasteiger partial charge is 0.258 e. The molecule has 0 heterocycles. The van der Waals surface area contributed by atoms with Crippen LogP contribution in [0.5, 0.6) is 5.75 Å². The number of nitrogens with one attached hydrogen (secondary N) is 1. The highest BCUT2D eigenvalue weighted by molar-refractivity contribution is 7.88. The number of sulfonamides is 1. The molecule has 1 N–H and O–H groups in total. The lowest BCUT2D eigenvalue weighted by Crippen LogP contribution is -2.31. The molecule has 0 spiro atoms. The molecular formula is C21H28N2O4S. The highest BCUT2D eigenvalue weighted by Gasteiger charge is 2.12. The first-order chi connectivity index (χ1) is 13.1. The Balaban J connectivity index is 1.86. The van der Waals surface area contributed by atoms with Gasteiger partial charge in [-0.3, -0.25) is 4.79 Å². The molecule has 0 aliphatic rings. The van der Waals surface area contributed by atoms with Crippen LogP contribution in [0.4, 0.5) is 0 Å². The maximum absolute atomic E-state index is 12.2. The fourth-order valence-corrected chi connectivity index (χ4v) is 3.00. The number of carbonyl (C=O) groups excluding carboxylic acids is 1. The third kappa shape index (κ3) is 6.35. The Morgan fingerprint density at radius 3 is 2.32 bits per heavy atom. The summed E-state index contributed by atoms with van der Waals surface area (Å²) < 4.78 is 29.7. The number of carbonyl (C=O) groups is 1.